The van der Waals surface area contributed by atoms with E-state index in [-0.39, 0.29) is 11.5 Å². The summed E-state index contributed by atoms with van der Waals surface area (Å²) in [6.07, 6.45) is 1.65. The molecule has 0 aliphatic rings. The van der Waals surface area contributed by atoms with Crippen LogP contribution in [0.5, 0.6) is 11.5 Å². The Bertz CT molecular complexity index is 627. The normalized spacial score (nSPS) is 10.5. The average molecular weight is 253 g/mol. The summed E-state index contributed by atoms with van der Waals surface area (Å²) in [6.45, 7) is 0. The first-order valence-corrected chi connectivity index (χ1v) is 5.73. The highest BCUT2D eigenvalue weighted by Gasteiger charge is 2.08. The number of aromatic hydroxyl groups is 2. The van der Waals surface area contributed by atoms with Crippen molar-refractivity contribution in [1.29, 1.82) is 0 Å². The molecule has 0 fully saturated rings. The van der Waals surface area contributed by atoms with Crippen LogP contribution >= 0.6 is 0 Å². The Labute approximate surface area is 109 Å². The number of benzene rings is 2. The maximum absolute atomic E-state index is 9.31. The molecule has 5 heteroatoms. The molecule has 2 N–H and O–H groups in total. The monoisotopic (exact) mass is 253 g/mol. The number of phenolic OH excluding ortho intramolecular Hbond substituents is 2. The average Bonchev–Trinajstić information content (AvgIpc) is 2.90. The summed E-state index contributed by atoms with van der Waals surface area (Å²) in [5, 5.41) is 26.5. The molecule has 2 aromatic carbocycles. The Morgan fingerprint density at radius 2 is 1.37 bits per heavy atom. The van der Waals surface area contributed by atoms with E-state index < -0.39 is 0 Å². The van der Waals surface area contributed by atoms with Crippen LogP contribution in [0.15, 0.2) is 54.7 Å². The molecule has 0 unspecified atom stereocenters. The minimum Gasteiger partial charge on any atom is -0.508 e. The van der Waals surface area contributed by atoms with Crippen LogP contribution in [0.4, 0.5) is 0 Å². The first kappa shape index (κ1) is 11.3. The molecule has 0 spiro atoms. The maximum atomic E-state index is 9.31. The van der Waals surface area contributed by atoms with Gasteiger partial charge in [0.2, 0.25) is 0 Å². The van der Waals surface area contributed by atoms with E-state index in [1.54, 1.807) is 59.4 Å². The van der Waals surface area contributed by atoms with Gasteiger partial charge in [-0.25, -0.2) is 4.68 Å². The smallest absolute Gasteiger partial charge is 0.115 e. The lowest BCUT2D eigenvalue weighted by molar-refractivity contribution is 0.474. The molecular formula is C14H11N3O2. The van der Waals surface area contributed by atoms with E-state index in [0.717, 1.165) is 16.9 Å². The molecule has 1 aromatic heterocycles. The molecule has 0 atom stereocenters. The van der Waals surface area contributed by atoms with E-state index in [1.807, 2.05) is 0 Å². The number of aromatic nitrogens is 3. The van der Waals surface area contributed by atoms with Crippen molar-refractivity contribution in [3.05, 3.63) is 54.7 Å². The second-order valence-electron chi connectivity index (χ2n) is 4.09. The molecule has 0 saturated heterocycles. The maximum Gasteiger partial charge on any atom is 0.115 e. The van der Waals surface area contributed by atoms with E-state index in [1.165, 1.54) is 0 Å². The van der Waals surface area contributed by atoms with Crippen molar-refractivity contribution in [2.45, 2.75) is 0 Å². The van der Waals surface area contributed by atoms with Crippen LogP contribution in [0, 0.1) is 0 Å². The van der Waals surface area contributed by atoms with E-state index >= 15 is 0 Å². The highest BCUT2D eigenvalue weighted by Crippen LogP contribution is 2.24. The molecule has 0 bridgehead atoms. The van der Waals surface area contributed by atoms with Gasteiger partial charge < -0.3 is 10.2 Å². The van der Waals surface area contributed by atoms with Crippen molar-refractivity contribution in [3.63, 3.8) is 0 Å². The second-order valence-corrected chi connectivity index (χ2v) is 4.09. The van der Waals surface area contributed by atoms with Crippen LogP contribution in [-0.2, 0) is 0 Å². The number of hydrogen-bond donors (Lipinski definition) is 2. The molecule has 3 rings (SSSR count). The highest BCUT2D eigenvalue weighted by molar-refractivity contribution is 5.61. The fraction of sp³-hybridized carbons (Fsp3) is 0. The molecule has 0 saturated carbocycles. The zero-order valence-electron chi connectivity index (χ0n) is 9.93. The summed E-state index contributed by atoms with van der Waals surface area (Å²) >= 11 is 0. The lowest BCUT2D eigenvalue weighted by atomic mass is 10.1. The SMILES string of the molecule is Oc1ccc(-c2cnnn2-c2ccc(O)cc2)cc1. The first-order chi connectivity index (χ1) is 9.24. The molecule has 1 heterocycles. The number of hydrogen-bond acceptors (Lipinski definition) is 4. The Morgan fingerprint density at radius 3 is 2.00 bits per heavy atom. The second kappa shape index (κ2) is 4.45. The largest absolute Gasteiger partial charge is 0.508 e. The van der Waals surface area contributed by atoms with Crippen LogP contribution in [0.3, 0.4) is 0 Å². The molecule has 0 aliphatic carbocycles. The Hall–Kier alpha value is -2.82. The number of nitrogens with zero attached hydrogens (tertiary/aromatic N) is 3. The summed E-state index contributed by atoms with van der Waals surface area (Å²) in [4.78, 5) is 0. The van der Waals surface area contributed by atoms with Crippen LogP contribution < -0.4 is 0 Å². The summed E-state index contributed by atoms with van der Waals surface area (Å²) in [6, 6.07) is 13.5. The number of rotatable bonds is 2. The molecule has 0 aliphatic heterocycles. The van der Waals surface area contributed by atoms with Gasteiger partial charge in [0, 0.05) is 5.56 Å². The van der Waals surface area contributed by atoms with E-state index in [9.17, 15) is 10.2 Å². The fourth-order valence-corrected chi connectivity index (χ4v) is 1.85. The Balaban J connectivity index is 2.07. The van der Waals surface area contributed by atoms with Crippen LogP contribution in [0.1, 0.15) is 0 Å². The van der Waals surface area contributed by atoms with Gasteiger partial charge in [0.1, 0.15) is 11.5 Å². The third-order valence-corrected chi connectivity index (χ3v) is 2.81. The molecular weight excluding hydrogens is 242 g/mol. The third-order valence-electron chi connectivity index (χ3n) is 2.81. The van der Waals surface area contributed by atoms with Crippen LogP contribution in [-0.4, -0.2) is 25.2 Å². The van der Waals surface area contributed by atoms with Crippen molar-refractivity contribution in [2.75, 3.05) is 0 Å². The zero-order chi connectivity index (χ0) is 13.2. The molecule has 3 aromatic rings. The van der Waals surface area contributed by atoms with Crippen molar-refractivity contribution >= 4 is 0 Å². The standard InChI is InChI=1S/C14H11N3O2/c18-12-5-1-10(2-6-12)14-9-15-16-17(14)11-3-7-13(19)8-4-11/h1-9,18-19H. The van der Waals surface area contributed by atoms with Gasteiger partial charge in [0.05, 0.1) is 17.6 Å². The summed E-state index contributed by atoms with van der Waals surface area (Å²) in [5.74, 6) is 0.419. The zero-order valence-corrected chi connectivity index (χ0v) is 9.93. The van der Waals surface area contributed by atoms with Crippen molar-refractivity contribution < 1.29 is 10.2 Å². The molecule has 94 valence electrons. The molecule has 0 amide bonds. The van der Waals surface area contributed by atoms with Gasteiger partial charge in [0.25, 0.3) is 0 Å². The van der Waals surface area contributed by atoms with E-state index in [4.69, 9.17) is 0 Å². The Kier molecular flexibility index (Phi) is 2.64. The van der Waals surface area contributed by atoms with Gasteiger partial charge in [-0.2, -0.15) is 0 Å². The summed E-state index contributed by atoms with van der Waals surface area (Å²) in [5.41, 5.74) is 2.51. The van der Waals surface area contributed by atoms with E-state index in [2.05, 4.69) is 10.3 Å². The third kappa shape index (κ3) is 2.13. The summed E-state index contributed by atoms with van der Waals surface area (Å²) in [7, 11) is 0. The first-order valence-electron chi connectivity index (χ1n) is 5.73. The molecule has 5 nitrogen and oxygen atoms in total. The van der Waals surface area contributed by atoms with Gasteiger partial charge in [-0.3, -0.25) is 0 Å². The predicted octanol–water partition coefficient (Wildman–Crippen LogP) is 2.35. The predicted molar refractivity (Wildman–Crippen MR) is 70.1 cm³/mol. The minimum atomic E-state index is 0.204. The Morgan fingerprint density at radius 1 is 0.789 bits per heavy atom. The van der Waals surface area contributed by atoms with Crippen molar-refractivity contribution in [1.82, 2.24) is 15.0 Å². The van der Waals surface area contributed by atoms with Crippen LogP contribution in [0.2, 0.25) is 0 Å². The van der Waals surface area contributed by atoms with Crippen molar-refractivity contribution in [3.8, 4) is 28.4 Å². The lowest BCUT2D eigenvalue weighted by Crippen LogP contribution is -1.98. The van der Waals surface area contributed by atoms with Gasteiger partial charge >= 0.3 is 0 Å². The van der Waals surface area contributed by atoms with Crippen molar-refractivity contribution in [2.24, 2.45) is 0 Å². The quantitative estimate of drug-likeness (QED) is 0.735. The summed E-state index contributed by atoms with van der Waals surface area (Å²) < 4.78 is 1.67. The van der Waals surface area contributed by atoms with E-state index in [0.29, 0.717) is 0 Å². The number of phenols is 2. The fourth-order valence-electron chi connectivity index (χ4n) is 1.85. The minimum absolute atomic E-state index is 0.204. The van der Waals surface area contributed by atoms with Gasteiger partial charge in [-0.05, 0) is 48.5 Å². The van der Waals surface area contributed by atoms with Gasteiger partial charge in [0.15, 0.2) is 0 Å². The highest BCUT2D eigenvalue weighted by atomic mass is 16.3. The molecule has 0 radical (unpaired) electrons. The molecule has 19 heavy (non-hydrogen) atoms. The van der Waals surface area contributed by atoms with Crippen LogP contribution in [0.25, 0.3) is 16.9 Å². The lowest BCUT2D eigenvalue weighted by Gasteiger charge is -2.06. The van der Waals surface area contributed by atoms with Gasteiger partial charge in [-0.15, -0.1) is 5.10 Å². The topological polar surface area (TPSA) is 71.2 Å². The van der Waals surface area contributed by atoms with Gasteiger partial charge in [-0.1, -0.05) is 5.21 Å².